The number of hydrogen-bond donors (Lipinski definition) is 0. The third-order valence-electron chi connectivity index (χ3n) is 6.07. The average molecular weight is 485 g/mol. The van der Waals surface area contributed by atoms with Gasteiger partial charge in [-0.3, -0.25) is 4.79 Å². The van der Waals surface area contributed by atoms with E-state index in [1.807, 2.05) is 6.92 Å². The Morgan fingerprint density at radius 1 is 1.33 bits per heavy atom. The van der Waals surface area contributed by atoms with Crippen molar-refractivity contribution >= 4 is 15.8 Å². The molecule has 186 valence electrons. The third-order valence-corrected chi connectivity index (χ3v) is 7.80. The predicted molar refractivity (Wildman–Crippen MR) is 126 cm³/mol. The standard InChI is InChI=1S/C25H37FO6S/c1-5-8-10-19(7-3)15-31-23(27)13-14-33(28,29)22-12-11-18(4)24(26)25(22)32-21-17-30-16-20(21)9-6-2/h6,11-12,19-21H,2,5,7-10,13-17H2,1,3-4H3/t19-,20-,21+/m1/s1. The van der Waals surface area contributed by atoms with Crippen LogP contribution in [0.15, 0.2) is 29.7 Å². The number of esters is 1. The van der Waals surface area contributed by atoms with E-state index in [1.165, 1.54) is 12.1 Å². The molecule has 0 aromatic heterocycles. The summed E-state index contributed by atoms with van der Waals surface area (Å²) in [6.07, 6.45) is 5.57. The number of ether oxygens (including phenoxy) is 3. The largest absolute Gasteiger partial charge is 0.483 e. The second-order valence-electron chi connectivity index (χ2n) is 8.67. The molecule has 1 saturated heterocycles. The molecule has 1 aliphatic rings. The Kier molecular flexibility index (Phi) is 10.8. The summed E-state index contributed by atoms with van der Waals surface area (Å²) in [7, 11) is -3.98. The van der Waals surface area contributed by atoms with Gasteiger partial charge in [-0.1, -0.05) is 45.3 Å². The van der Waals surface area contributed by atoms with Crippen LogP contribution in [0.4, 0.5) is 4.39 Å². The van der Waals surface area contributed by atoms with Crippen LogP contribution in [0.25, 0.3) is 0 Å². The minimum atomic E-state index is -3.98. The first-order valence-corrected chi connectivity index (χ1v) is 13.4. The highest BCUT2D eigenvalue weighted by Gasteiger charge is 2.33. The van der Waals surface area contributed by atoms with Gasteiger partial charge in [-0.25, -0.2) is 12.8 Å². The van der Waals surface area contributed by atoms with E-state index in [9.17, 15) is 17.6 Å². The monoisotopic (exact) mass is 484 g/mol. The fraction of sp³-hybridized carbons (Fsp3) is 0.640. The zero-order chi connectivity index (χ0) is 24.4. The molecular weight excluding hydrogens is 447 g/mol. The number of benzene rings is 1. The molecule has 33 heavy (non-hydrogen) atoms. The molecule has 1 aromatic carbocycles. The lowest BCUT2D eigenvalue weighted by molar-refractivity contribution is -0.144. The van der Waals surface area contributed by atoms with Crippen molar-refractivity contribution in [3.05, 3.63) is 36.2 Å². The van der Waals surface area contributed by atoms with E-state index in [0.717, 1.165) is 25.7 Å². The minimum Gasteiger partial charge on any atom is -0.483 e. The molecule has 8 heteroatoms. The first kappa shape index (κ1) is 27.3. The third kappa shape index (κ3) is 7.81. The smallest absolute Gasteiger partial charge is 0.306 e. The van der Waals surface area contributed by atoms with Crippen molar-refractivity contribution in [2.45, 2.75) is 70.3 Å². The number of unbranched alkanes of at least 4 members (excludes halogenated alkanes) is 1. The fourth-order valence-corrected chi connectivity index (χ4v) is 5.15. The van der Waals surface area contributed by atoms with Crippen molar-refractivity contribution in [3.8, 4) is 5.75 Å². The first-order chi connectivity index (χ1) is 15.7. The number of carbonyl (C=O) groups is 1. The fourth-order valence-electron chi connectivity index (χ4n) is 3.79. The van der Waals surface area contributed by atoms with Gasteiger partial charge in [0.1, 0.15) is 11.0 Å². The Hall–Kier alpha value is -1.93. The van der Waals surface area contributed by atoms with Gasteiger partial charge < -0.3 is 14.2 Å². The molecule has 2 rings (SSSR count). The lowest BCUT2D eigenvalue weighted by Crippen LogP contribution is -2.27. The molecule has 0 aliphatic carbocycles. The summed E-state index contributed by atoms with van der Waals surface area (Å²) in [6, 6.07) is 2.74. The van der Waals surface area contributed by atoms with Gasteiger partial charge in [0, 0.05) is 5.92 Å². The molecule has 3 atom stereocenters. The molecular formula is C25H37FO6S. The SMILES string of the molecule is C=CC[C@@H]1COC[C@@H]1Oc1c(S(=O)(=O)CCC(=O)OC[C@H](CC)CCCC)ccc(C)c1F. The molecule has 0 bridgehead atoms. The highest BCUT2D eigenvalue weighted by molar-refractivity contribution is 7.91. The quantitative estimate of drug-likeness (QED) is 0.272. The molecule has 0 N–H and O–H groups in total. The zero-order valence-corrected chi connectivity index (χ0v) is 20.8. The van der Waals surface area contributed by atoms with Crippen LogP contribution in [-0.4, -0.2) is 46.1 Å². The molecule has 1 fully saturated rings. The van der Waals surface area contributed by atoms with Crippen molar-refractivity contribution < 1.29 is 31.8 Å². The van der Waals surface area contributed by atoms with E-state index in [4.69, 9.17) is 14.2 Å². The van der Waals surface area contributed by atoms with Gasteiger partial charge in [-0.05, 0) is 37.3 Å². The van der Waals surface area contributed by atoms with E-state index in [1.54, 1.807) is 13.0 Å². The van der Waals surface area contributed by atoms with E-state index in [0.29, 0.717) is 13.0 Å². The summed E-state index contributed by atoms with van der Waals surface area (Å²) in [5, 5.41) is 0. The van der Waals surface area contributed by atoms with Crippen LogP contribution < -0.4 is 4.74 Å². The van der Waals surface area contributed by atoms with Crippen molar-refractivity contribution in [3.63, 3.8) is 0 Å². The van der Waals surface area contributed by atoms with Crippen molar-refractivity contribution in [1.82, 2.24) is 0 Å². The van der Waals surface area contributed by atoms with Crippen LogP contribution in [0.2, 0.25) is 0 Å². The maximum Gasteiger partial charge on any atom is 0.306 e. The van der Waals surface area contributed by atoms with Crippen molar-refractivity contribution in [2.24, 2.45) is 11.8 Å². The molecule has 1 aliphatic heterocycles. The minimum absolute atomic E-state index is 0.0350. The van der Waals surface area contributed by atoms with Crippen LogP contribution in [0.5, 0.6) is 5.75 Å². The summed E-state index contributed by atoms with van der Waals surface area (Å²) in [4.78, 5) is 11.9. The van der Waals surface area contributed by atoms with Gasteiger partial charge in [0.05, 0.1) is 32.0 Å². The van der Waals surface area contributed by atoms with Gasteiger partial charge in [0.2, 0.25) is 0 Å². The number of hydrogen-bond acceptors (Lipinski definition) is 6. The van der Waals surface area contributed by atoms with Gasteiger partial charge >= 0.3 is 5.97 Å². The molecule has 0 radical (unpaired) electrons. The Balaban J connectivity index is 2.09. The average Bonchev–Trinajstić information content (AvgIpc) is 3.22. The van der Waals surface area contributed by atoms with Gasteiger partial charge in [-0.2, -0.15) is 0 Å². The Morgan fingerprint density at radius 2 is 2.09 bits per heavy atom. The van der Waals surface area contributed by atoms with Gasteiger partial charge in [0.25, 0.3) is 0 Å². The predicted octanol–water partition coefficient (Wildman–Crippen LogP) is 5.03. The topological polar surface area (TPSA) is 78.9 Å². The van der Waals surface area contributed by atoms with E-state index in [2.05, 4.69) is 13.5 Å². The van der Waals surface area contributed by atoms with E-state index < -0.39 is 33.5 Å². The van der Waals surface area contributed by atoms with Crippen LogP contribution in [0, 0.1) is 24.6 Å². The Labute approximate surface area is 197 Å². The van der Waals surface area contributed by atoms with Gasteiger partial charge in [-0.15, -0.1) is 6.58 Å². The summed E-state index contributed by atoms with van der Waals surface area (Å²) < 4.78 is 57.7. The molecule has 0 unspecified atom stereocenters. The summed E-state index contributed by atoms with van der Waals surface area (Å²) in [6.45, 7) is 10.4. The van der Waals surface area contributed by atoms with Crippen molar-refractivity contribution in [1.29, 1.82) is 0 Å². The Morgan fingerprint density at radius 3 is 2.76 bits per heavy atom. The number of aryl methyl sites for hydroxylation is 1. The highest BCUT2D eigenvalue weighted by atomic mass is 32.2. The maximum atomic E-state index is 15.0. The molecule has 0 saturated carbocycles. The number of allylic oxidation sites excluding steroid dienone is 1. The van der Waals surface area contributed by atoms with E-state index >= 15 is 0 Å². The summed E-state index contributed by atoms with van der Waals surface area (Å²) in [5.74, 6) is -1.84. The second kappa shape index (κ2) is 13.1. The van der Waals surface area contributed by atoms with Crippen molar-refractivity contribution in [2.75, 3.05) is 25.6 Å². The van der Waals surface area contributed by atoms with Crippen LogP contribution in [-0.2, 0) is 24.1 Å². The number of halogens is 1. The molecule has 1 heterocycles. The van der Waals surface area contributed by atoms with Gasteiger partial charge in [0.15, 0.2) is 21.4 Å². The lowest BCUT2D eigenvalue weighted by atomic mass is 10.0. The van der Waals surface area contributed by atoms with Crippen LogP contribution >= 0.6 is 0 Å². The maximum absolute atomic E-state index is 15.0. The Bertz CT molecular complexity index is 898. The molecule has 0 amide bonds. The molecule has 1 aromatic rings. The molecule has 6 nitrogen and oxygen atoms in total. The normalized spacial score (nSPS) is 19.3. The number of carbonyl (C=O) groups excluding carboxylic acids is 1. The highest BCUT2D eigenvalue weighted by Crippen LogP contribution is 2.34. The second-order valence-corrected chi connectivity index (χ2v) is 10.7. The van der Waals surface area contributed by atoms with E-state index in [-0.39, 0.29) is 47.7 Å². The lowest BCUT2D eigenvalue weighted by Gasteiger charge is -2.21. The first-order valence-electron chi connectivity index (χ1n) is 11.8. The summed E-state index contributed by atoms with van der Waals surface area (Å²) >= 11 is 0. The number of sulfone groups is 1. The van der Waals surface area contributed by atoms with Crippen LogP contribution in [0.1, 0.15) is 57.9 Å². The van der Waals surface area contributed by atoms with Crippen LogP contribution in [0.3, 0.4) is 0 Å². The molecule has 0 spiro atoms. The zero-order valence-electron chi connectivity index (χ0n) is 20.0. The number of rotatable bonds is 14. The summed E-state index contributed by atoms with van der Waals surface area (Å²) in [5.41, 5.74) is 0.278.